The maximum Gasteiger partial charge on any atom is 0.302 e. The predicted molar refractivity (Wildman–Crippen MR) is 107 cm³/mol. The largest absolute Gasteiger partial charge is 0.462 e. The van der Waals surface area contributed by atoms with Gasteiger partial charge in [0.2, 0.25) is 0 Å². The molecule has 0 aliphatic rings. The van der Waals surface area contributed by atoms with Gasteiger partial charge in [-0.2, -0.15) is 0 Å². The van der Waals surface area contributed by atoms with Gasteiger partial charge < -0.3 is 14.2 Å². The van der Waals surface area contributed by atoms with E-state index >= 15 is 0 Å². The molecule has 0 saturated heterocycles. The van der Waals surface area contributed by atoms with E-state index < -0.39 is 5.60 Å². The van der Waals surface area contributed by atoms with E-state index in [2.05, 4.69) is 32.6 Å². The molecule has 148 valence electrons. The average molecular weight is 365 g/mol. The molecule has 0 aromatic carbocycles. The van der Waals surface area contributed by atoms with E-state index in [0.717, 1.165) is 12.8 Å². The summed E-state index contributed by atoms with van der Waals surface area (Å²) in [5.41, 5.74) is 5.35. The van der Waals surface area contributed by atoms with E-state index in [4.69, 9.17) is 14.2 Å². The molecule has 0 aromatic heterocycles. The van der Waals surface area contributed by atoms with Crippen LogP contribution in [0.1, 0.15) is 67.7 Å². The molecule has 0 aliphatic heterocycles. The van der Waals surface area contributed by atoms with Crippen molar-refractivity contribution in [3.05, 3.63) is 41.2 Å². The van der Waals surface area contributed by atoms with Crippen molar-refractivity contribution in [3.8, 4) is 0 Å². The van der Waals surface area contributed by atoms with Gasteiger partial charge in [0, 0.05) is 20.0 Å². The van der Waals surface area contributed by atoms with Crippen molar-refractivity contribution in [3.63, 3.8) is 0 Å². The number of hydrogen-bond donors (Lipinski definition) is 0. The van der Waals surface area contributed by atoms with Gasteiger partial charge in [0.1, 0.15) is 6.61 Å². The second-order valence-corrected chi connectivity index (χ2v) is 6.81. The molecule has 4 heteroatoms. The van der Waals surface area contributed by atoms with Gasteiger partial charge in [-0.1, -0.05) is 17.7 Å². The van der Waals surface area contributed by atoms with Gasteiger partial charge >= 0.3 is 5.97 Å². The highest BCUT2D eigenvalue weighted by molar-refractivity contribution is 5.65. The Hall–Kier alpha value is -1.61. The highest BCUT2D eigenvalue weighted by atomic mass is 16.7. The number of ether oxygens (including phenoxy) is 3. The van der Waals surface area contributed by atoms with Gasteiger partial charge in [0.05, 0.1) is 5.60 Å². The lowest BCUT2D eigenvalue weighted by atomic mass is 10.0. The van der Waals surface area contributed by atoms with E-state index in [1.807, 2.05) is 32.9 Å². The molecule has 0 fully saturated rings. The van der Waals surface area contributed by atoms with Crippen molar-refractivity contribution in [2.24, 2.45) is 0 Å². The lowest BCUT2D eigenvalue weighted by Crippen LogP contribution is -2.31. The fourth-order valence-corrected chi connectivity index (χ4v) is 2.34. The topological polar surface area (TPSA) is 44.8 Å². The summed E-state index contributed by atoms with van der Waals surface area (Å²) in [6.07, 6.45) is 10.3. The number of carbonyl (C=O) groups excluding carboxylic acids is 1. The van der Waals surface area contributed by atoms with Gasteiger partial charge in [0.15, 0.2) is 6.29 Å². The number of hydrogen-bond acceptors (Lipinski definition) is 4. The van der Waals surface area contributed by atoms with Crippen molar-refractivity contribution in [1.29, 1.82) is 0 Å². The first-order chi connectivity index (χ1) is 12.2. The molecule has 2 atom stereocenters. The van der Waals surface area contributed by atoms with Crippen LogP contribution in [0.5, 0.6) is 0 Å². The van der Waals surface area contributed by atoms with Crippen LogP contribution >= 0.6 is 0 Å². The number of esters is 1. The molecule has 0 aliphatic carbocycles. The molecule has 0 bridgehead atoms. The van der Waals surface area contributed by atoms with Gasteiger partial charge in [-0.15, -0.1) is 5.73 Å². The van der Waals surface area contributed by atoms with Crippen LogP contribution in [0.25, 0.3) is 0 Å². The molecular weight excluding hydrogens is 328 g/mol. The first kappa shape index (κ1) is 24.4. The molecule has 2 unspecified atom stereocenters. The Morgan fingerprint density at radius 3 is 2.50 bits per heavy atom. The summed E-state index contributed by atoms with van der Waals surface area (Å²) < 4.78 is 16.5. The summed E-state index contributed by atoms with van der Waals surface area (Å²) in [5.74, 6) is -0.297. The summed E-state index contributed by atoms with van der Waals surface area (Å²) in [6.45, 7) is 14.3. The Morgan fingerprint density at radius 2 is 1.92 bits per heavy atom. The van der Waals surface area contributed by atoms with Crippen molar-refractivity contribution in [2.45, 2.75) is 79.6 Å². The van der Waals surface area contributed by atoms with E-state index in [1.165, 1.54) is 18.1 Å². The van der Waals surface area contributed by atoms with Crippen LogP contribution in [0.4, 0.5) is 0 Å². The number of carbonyl (C=O) groups is 1. The third-order valence-electron chi connectivity index (χ3n) is 3.62. The number of allylic oxidation sites excluding steroid dienone is 2. The third kappa shape index (κ3) is 13.7. The zero-order valence-electron chi connectivity index (χ0n) is 17.6. The Morgan fingerprint density at radius 1 is 1.23 bits per heavy atom. The molecule has 4 nitrogen and oxygen atoms in total. The molecular formula is C22H36O4. The fourth-order valence-electron chi connectivity index (χ4n) is 2.34. The third-order valence-corrected chi connectivity index (χ3v) is 3.62. The van der Waals surface area contributed by atoms with Crippen molar-refractivity contribution >= 4 is 5.97 Å². The Balaban J connectivity index is 4.94. The van der Waals surface area contributed by atoms with Crippen molar-refractivity contribution in [1.82, 2.24) is 0 Å². The van der Waals surface area contributed by atoms with Gasteiger partial charge in [0.25, 0.3) is 0 Å². The quantitative estimate of drug-likeness (QED) is 0.198. The van der Waals surface area contributed by atoms with Crippen LogP contribution in [-0.2, 0) is 19.0 Å². The summed E-state index contributed by atoms with van der Waals surface area (Å²) in [6, 6.07) is 0. The lowest BCUT2D eigenvalue weighted by molar-refractivity contribution is -0.177. The van der Waals surface area contributed by atoms with E-state index in [-0.39, 0.29) is 18.9 Å². The molecule has 0 spiro atoms. The molecule has 0 heterocycles. The first-order valence-corrected chi connectivity index (χ1v) is 9.33. The molecule has 0 rings (SSSR count). The predicted octanol–water partition coefficient (Wildman–Crippen LogP) is 5.50. The highest BCUT2D eigenvalue weighted by Crippen LogP contribution is 2.21. The van der Waals surface area contributed by atoms with Crippen LogP contribution in [-0.4, -0.2) is 31.1 Å². The second kappa shape index (κ2) is 13.6. The van der Waals surface area contributed by atoms with Gasteiger partial charge in [-0.3, -0.25) is 4.79 Å². The van der Waals surface area contributed by atoms with E-state index in [9.17, 15) is 4.79 Å². The Kier molecular flexibility index (Phi) is 12.7. The number of rotatable bonds is 12. The fraction of sp³-hybridized carbons (Fsp3) is 0.636. The van der Waals surface area contributed by atoms with Crippen LogP contribution in [0, 0.1) is 0 Å². The minimum atomic E-state index is -0.554. The lowest BCUT2D eigenvalue weighted by Gasteiger charge is -2.29. The SMILES string of the molecule is CCOC(C)OC(C)(/C=C/COC(C)=O)CC=C=C(C)CCC=C(C)C. The first-order valence-electron chi connectivity index (χ1n) is 9.33. The zero-order valence-corrected chi connectivity index (χ0v) is 17.6. The molecule has 0 aromatic rings. The second-order valence-electron chi connectivity index (χ2n) is 6.81. The van der Waals surface area contributed by atoms with Gasteiger partial charge in [-0.25, -0.2) is 0 Å². The summed E-state index contributed by atoms with van der Waals surface area (Å²) in [5, 5.41) is 0. The normalized spacial score (nSPS) is 14.3. The van der Waals surface area contributed by atoms with E-state index in [0.29, 0.717) is 13.0 Å². The van der Waals surface area contributed by atoms with Crippen LogP contribution < -0.4 is 0 Å². The minimum Gasteiger partial charge on any atom is -0.462 e. The Bertz CT molecular complexity index is 534. The maximum absolute atomic E-state index is 10.9. The maximum atomic E-state index is 10.9. The highest BCUT2D eigenvalue weighted by Gasteiger charge is 2.23. The van der Waals surface area contributed by atoms with Gasteiger partial charge in [-0.05, 0) is 72.1 Å². The van der Waals surface area contributed by atoms with Crippen LogP contribution in [0.2, 0.25) is 0 Å². The van der Waals surface area contributed by atoms with Crippen molar-refractivity contribution in [2.75, 3.05) is 13.2 Å². The molecule has 0 radical (unpaired) electrons. The van der Waals surface area contributed by atoms with Crippen LogP contribution in [0.3, 0.4) is 0 Å². The van der Waals surface area contributed by atoms with Crippen molar-refractivity contribution < 1.29 is 19.0 Å². The molecule has 26 heavy (non-hydrogen) atoms. The molecule has 0 N–H and O–H groups in total. The molecule has 0 amide bonds. The zero-order chi connectivity index (χ0) is 20.0. The monoisotopic (exact) mass is 364 g/mol. The average Bonchev–Trinajstić information content (AvgIpc) is 2.51. The smallest absolute Gasteiger partial charge is 0.302 e. The summed E-state index contributed by atoms with van der Waals surface area (Å²) in [7, 11) is 0. The van der Waals surface area contributed by atoms with Crippen LogP contribution in [0.15, 0.2) is 41.2 Å². The molecule has 0 saturated carbocycles. The minimum absolute atomic E-state index is 0.235. The Labute approximate surface area is 159 Å². The van der Waals surface area contributed by atoms with E-state index in [1.54, 1.807) is 6.08 Å². The standard InChI is InChI=1S/C22H36O4/c1-8-24-21(6)26-22(7,16-11-17-25-20(5)23)15-10-14-19(4)13-9-12-18(2)3/h10-12,16,21H,8-9,13,15,17H2,1-7H3/b16-11+. The summed E-state index contributed by atoms with van der Waals surface area (Å²) in [4.78, 5) is 10.9. The summed E-state index contributed by atoms with van der Waals surface area (Å²) >= 11 is 0.